The van der Waals surface area contributed by atoms with Gasteiger partial charge in [-0.1, -0.05) is 121 Å². The van der Waals surface area contributed by atoms with Crippen LogP contribution < -0.4 is 0 Å². The fourth-order valence-corrected chi connectivity index (χ4v) is 6.70. The van der Waals surface area contributed by atoms with Gasteiger partial charge < -0.3 is 4.40 Å². The van der Waals surface area contributed by atoms with E-state index in [0.29, 0.717) is 0 Å². The molecule has 8 aromatic rings. The molecule has 1 aliphatic rings. The van der Waals surface area contributed by atoms with Crippen LogP contribution in [0, 0.1) is 0 Å². The Kier molecular flexibility index (Phi) is 6.57. The second-order valence-electron chi connectivity index (χ2n) is 12.0. The summed E-state index contributed by atoms with van der Waals surface area (Å²) in [7, 11) is 0. The maximum Gasteiger partial charge on any atom is 0.160 e. The Morgan fingerprint density at radius 3 is 2.06 bits per heavy atom. The van der Waals surface area contributed by atoms with Gasteiger partial charge in [-0.15, -0.1) is 0 Å². The molecule has 4 nitrogen and oxygen atoms in total. The van der Waals surface area contributed by atoms with Crippen molar-refractivity contribution in [1.29, 1.82) is 0 Å². The Labute approximate surface area is 273 Å². The molecule has 0 fully saturated rings. The summed E-state index contributed by atoms with van der Waals surface area (Å²) < 4.78 is 2.34. The van der Waals surface area contributed by atoms with Gasteiger partial charge in [-0.05, 0) is 65.9 Å². The Hall–Kier alpha value is -6.13. The van der Waals surface area contributed by atoms with Crippen LogP contribution in [0.1, 0.15) is 18.5 Å². The number of benzene rings is 5. The Morgan fingerprint density at radius 2 is 1.21 bits per heavy atom. The quantitative estimate of drug-likeness (QED) is 0.197. The molecule has 5 aromatic carbocycles. The SMILES string of the molecule is C1=CCCC(c2cc(-c3ccccc3)nc(-c3cccc(-c4ccc(-c5nc6ccccc6n6c5cc5ccccc56)cc4)c3)n2)=C1. The molecular formula is C43H30N4. The summed E-state index contributed by atoms with van der Waals surface area (Å²) >= 11 is 0. The lowest BCUT2D eigenvalue weighted by Gasteiger charge is -2.13. The Balaban J connectivity index is 1.12. The van der Waals surface area contributed by atoms with E-state index in [2.05, 4.69) is 156 Å². The van der Waals surface area contributed by atoms with Crippen molar-refractivity contribution in [1.82, 2.24) is 19.4 Å². The van der Waals surface area contributed by atoms with Crippen LogP contribution in [-0.2, 0) is 0 Å². The van der Waals surface area contributed by atoms with Gasteiger partial charge in [-0.3, -0.25) is 0 Å². The first-order chi connectivity index (χ1) is 23.3. The minimum atomic E-state index is 0.735. The van der Waals surface area contributed by atoms with Crippen LogP contribution in [0.2, 0.25) is 0 Å². The summed E-state index contributed by atoms with van der Waals surface area (Å²) in [6.45, 7) is 0. The molecule has 0 N–H and O–H groups in total. The highest BCUT2D eigenvalue weighted by molar-refractivity contribution is 5.98. The smallest absolute Gasteiger partial charge is 0.160 e. The van der Waals surface area contributed by atoms with E-state index in [9.17, 15) is 0 Å². The van der Waals surface area contributed by atoms with Crippen molar-refractivity contribution < 1.29 is 0 Å². The van der Waals surface area contributed by atoms with Gasteiger partial charge in [0.05, 0.1) is 39.1 Å². The predicted molar refractivity (Wildman–Crippen MR) is 194 cm³/mol. The second kappa shape index (κ2) is 11.3. The maximum absolute atomic E-state index is 5.16. The number of allylic oxidation sites excluding steroid dienone is 4. The van der Waals surface area contributed by atoms with Crippen LogP contribution in [0.5, 0.6) is 0 Å². The maximum atomic E-state index is 5.16. The van der Waals surface area contributed by atoms with Gasteiger partial charge in [-0.25, -0.2) is 15.0 Å². The van der Waals surface area contributed by atoms with Gasteiger partial charge in [0.15, 0.2) is 5.82 Å². The third-order valence-electron chi connectivity index (χ3n) is 9.06. The van der Waals surface area contributed by atoms with Crippen LogP contribution in [-0.4, -0.2) is 19.4 Å². The molecule has 9 rings (SSSR count). The second-order valence-corrected chi connectivity index (χ2v) is 12.0. The fraction of sp³-hybridized carbons (Fsp3) is 0.0465. The van der Waals surface area contributed by atoms with E-state index in [1.807, 2.05) is 6.07 Å². The molecule has 222 valence electrons. The molecule has 0 aliphatic heterocycles. The first-order valence-corrected chi connectivity index (χ1v) is 16.1. The summed E-state index contributed by atoms with van der Waals surface area (Å²) in [4.78, 5) is 15.3. The Morgan fingerprint density at radius 1 is 0.489 bits per heavy atom. The van der Waals surface area contributed by atoms with Crippen molar-refractivity contribution in [3.63, 3.8) is 0 Å². The topological polar surface area (TPSA) is 43.1 Å². The van der Waals surface area contributed by atoms with Crippen molar-refractivity contribution >= 4 is 33.0 Å². The van der Waals surface area contributed by atoms with Crippen LogP contribution in [0.25, 0.3) is 78.1 Å². The predicted octanol–water partition coefficient (Wildman–Crippen LogP) is 10.8. The molecule has 1 aliphatic carbocycles. The molecule has 0 bridgehead atoms. The standard InChI is InChI=1S/C43H30N4/c1-3-12-30(13-4-1)37-28-38(31-14-5-2-6-15-31)46-43(45-37)35-18-11-17-33(26-35)29-22-24-32(25-23-29)42-41-27-34-16-7-9-20-39(34)47(41)40-21-10-8-19-36(40)44-42/h1-5,7-14,16-28H,6,15H2. The van der Waals surface area contributed by atoms with Gasteiger partial charge in [0.25, 0.3) is 0 Å². The van der Waals surface area contributed by atoms with E-state index in [1.54, 1.807) is 0 Å². The number of rotatable bonds is 5. The summed E-state index contributed by atoms with van der Waals surface area (Å²) in [6, 6.07) is 49.0. The fourth-order valence-electron chi connectivity index (χ4n) is 6.70. The number of nitrogens with zero attached hydrogens (tertiary/aromatic N) is 4. The number of fused-ring (bicyclic) bond motifs is 5. The van der Waals surface area contributed by atoms with Crippen LogP contribution in [0.4, 0.5) is 0 Å². The van der Waals surface area contributed by atoms with Crippen molar-refractivity contribution in [2.24, 2.45) is 0 Å². The van der Waals surface area contributed by atoms with Gasteiger partial charge in [0.1, 0.15) is 0 Å². The van der Waals surface area contributed by atoms with Crippen molar-refractivity contribution in [3.8, 4) is 45.0 Å². The number of aromatic nitrogens is 4. The van der Waals surface area contributed by atoms with Crippen molar-refractivity contribution in [3.05, 3.63) is 163 Å². The van der Waals surface area contributed by atoms with E-state index < -0.39 is 0 Å². The third-order valence-corrected chi connectivity index (χ3v) is 9.06. The third kappa shape index (κ3) is 4.91. The molecule has 0 amide bonds. The molecule has 0 atom stereocenters. The highest BCUT2D eigenvalue weighted by Crippen LogP contribution is 2.34. The highest BCUT2D eigenvalue weighted by Gasteiger charge is 2.16. The zero-order valence-electron chi connectivity index (χ0n) is 25.7. The molecule has 0 radical (unpaired) electrons. The largest absolute Gasteiger partial charge is 0.306 e. The van der Waals surface area contributed by atoms with Crippen LogP contribution in [0.3, 0.4) is 0 Å². The monoisotopic (exact) mass is 602 g/mol. The van der Waals surface area contributed by atoms with Gasteiger partial charge in [0.2, 0.25) is 0 Å². The summed E-state index contributed by atoms with van der Waals surface area (Å²) in [6.07, 6.45) is 8.52. The minimum absolute atomic E-state index is 0.735. The molecule has 4 heteroatoms. The number of hydrogen-bond acceptors (Lipinski definition) is 3. The van der Waals surface area contributed by atoms with Gasteiger partial charge in [0, 0.05) is 22.1 Å². The molecule has 3 aromatic heterocycles. The number of para-hydroxylation sites is 3. The van der Waals surface area contributed by atoms with Crippen LogP contribution >= 0.6 is 0 Å². The zero-order valence-corrected chi connectivity index (χ0v) is 25.7. The molecule has 0 saturated heterocycles. The lowest BCUT2D eigenvalue weighted by atomic mass is 9.99. The first kappa shape index (κ1) is 27.2. The molecule has 0 spiro atoms. The lowest BCUT2D eigenvalue weighted by Crippen LogP contribution is -1.99. The average Bonchev–Trinajstić information content (AvgIpc) is 3.55. The van der Waals surface area contributed by atoms with E-state index in [-0.39, 0.29) is 0 Å². The first-order valence-electron chi connectivity index (χ1n) is 16.1. The molecule has 3 heterocycles. The van der Waals surface area contributed by atoms with E-state index in [4.69, 9.17) is 15.0 Å². The minimum Gasteiger partial charge on any atom is -0.306 e. The Bertz CT molecular complexity index is 2500. The normalized spacial score (nSPS) is 13.0. The highest BCUT2D eigenvalue weighted by atomic mass is 14.9. The summed E-state index contributed by atoms with van der Waals surface area (Å²) in [5, 5.41) is 1.21. The zero-order chi connectivity index (χ0) is 31.2. The molecule has 0 unspecified atom stereocenters. The number of hydrogen-bond donors (Lipinski definition) is 0. The van der Waals surface area contributed by atoms with Gasteiger partial charge >= 0.3 is 0 Å². The lowest BCUT2D eigenvalue weighted by molar-refractivity contribution is 1.03. The van der Waals surface area contributed by atoms with Gasteiger partial charge in [-0.2, -0.15) is 0 Å². The average molecular weight is 603 g/mol. The van der Waals surface area contributed by atoms with Crippen molar-refractivity contribution in [2.75, 3.05) is 0 Å². The molecule has 0 saturated carbocycles. The molecular weight excluding hydrogens is 573 g/mol. The van der Waals surface area contributed by atoms with E-state index >= 15 is 0 Å². The van der Waals surface area contributed by atoms with E-state index in [1.165, 1.54) is 16.5 Å². The summed E-state index contributed by atoms with van der Waals surface area (Å²) in [5.41, 5.74) is 13.9. The van der Waals surface area contributed by atoms with Crippen LogP contribution in [0.15, 0.2) is 158 Å². The van der Waals surface area contributed by atoms with E-state index in [0.717, 1.165) is 80.1 Å². The van der Waals surface area contributed by atoms with Crippen molar-refractivity contribution in [2.45, 2.75) is 12.8 Å². The molecule has 47 heavy (non-hydrogen) atoms. The summed E-state index contributed by atoms with van der Waals surface area (Å²) in [5.74, 6) is 0.735.